The van der Waals surface area contributed by atoms with E-state index in [9.17, 15) is 4.79 Å². The number of hydrogen-bond acceptors (Lipinski definition) is 5. The number of carbonyl (C=O) groups excluding carboxylic acids is 1. The van der Waals surface area contributed by atoms with Crippen molar-refractivity contribution in [2.24, 2.45) is 0 Å². The van der Waals surface area contributed by atoms with Crippen LogP contribution in [0.2, 0.25) is 0 Å². The smallest absolute Gasteiger partial charge is 0.251 e. The molecule has 3 rings (SSSR count). The van der Waals surface area contributed by atoms with Gasteiger partial charge in [0.15, 0.2) is 0 Å². The zero-order chi connectivity index (χ0) is 19.1. The van der Waals surface area contributed by atoms with E-state index >= 15 is 0 Å². The van der Waals surface area contributed by atoms with Crippen LogP contribution in [0.25, 0.3) is 11.3 Å². The summed E-state index contributed by atoms with van der Waals surface area (Å²) in [6.45, 7) is 0.314. The van der Waals surface area contributed by atoms with E-state index in [0.717, 1.165) is 11.3 Å². The molecule has 0 saturated carbocycles. The van der Waals surface area contributed by atoms with Gasteiger partial charge in [0.05, 0.1) is 35.7 Å². The lowest BCUT2D eigenvalue weighted by Crippen LogP contribution is -2.31. The normalized spacial score (nSPS) is 11.4. The standard InChI is InChI=1S/C21H18N4O2/c1-27-14-20(18-7-2-3-9-23-18)25-21(26)17-6-4-5-16(12-17)19-11-15(13-22)8-10-24-19/h2-12,20H,14H2,1H3,(H,25,26). The molecule has 0 aliphatic heterocycles. The molecular formula is C21H18N4O2. The molecular weight excluding hydrogens is 340 g/mol. The van der Waals surface area contributed by atoms with Gasteiger partial charge in [-0.1, -0.05) is 18.2 Å². The van der Waals surface area contributed by atoms with E-state index in [1.54, 1.807) is 49.8 Å². The molecule has 1 N–H and O–H groups in total. The fourth-order valence-electron chi connectivity index (χ4n) is 2.67. The van der Waals surface area contributed by atoms with Crippen molar-refractivity contribution in [3.63, 3.8) is 0 Å². The Morgan fingerprint density at radius 2 is 2.04 bits per heavy atom. The van der Waals surface area contributed by atoms with Gasteiger partial charge in [0, 0.05) is 30.6 Å². The van der Waals surface area contributed by atoms with Crippen LogP contribution < -0.4 is 5.32 Å². The first-order chi connectivity index (χ1) is 13.2. The summed E-state index contributed by atoms with van der Waals surface area (Å²) in [5, 5.41) is 12.0. The van der Waals surface area contributed by atoms with Crippen molar-refractivity contribution < 1.29 is 9.53 Å². The first kappa shape index (κ1) is 18.2. The molecule has 27 heavy (non-hydrogen) atoms. The predicted molar refractivity (Wildman–Crippen MR) is 101 cm³/mol. The van der Waals surface area contributed by atoms with E-state index in [2.05, 4.69) is 21.4 Å². The number of benzene rings is 1. The van der Waals surface area contributed by atoms with E-state index in [0.29, 0.717) is 23.4 Å². The first-order valence-corrected chi connectivity index (χ1v) is 8.38. The lowest BCUT2D eigenvalue weighted by Gasteiger charge is -2.17. The highest BCUT2D eigenvalue weighted by Gasteiger charge is 2.17. The third-order valence-corrected chi connectivity index (χ3v) is 3.99. The number of nitrogens with zero attached hydrogens (tertiary/aromatic N) is 3. The highest BCUT2D eigenvalue weighted by Crippen LogP contribution is 2.20. The maximum Gasteiger partial charge on any atom is 0.251 e. The molecule has 2 heterocycles. The minimum absolute atomic E-state index is 0.235. The average molecular weight is 358 g/mol. The topological polar surface area (TPSA) is 87.9 Å². The minimum Gasteiger partial charge on any atom is -0.382 e. The highest BCUT2D eigenvalue weighted by atomic mass is 16.5. The van der Waals surface area contributed by atoms with Crippen LogP contribution in [0.15, 0.2) is 67.0 Å². The summed E-state index contributed by atoms with van der Waals surface area (Å²) in [5.74, 6) is -0.235. The molecule has 0 fully saturated rings. The Hall–Kier alpha value is -3.56. The molecule has 134 valence electrons. The number of rotatable bonds is 6. The minimum atomic E-state index is -0.354. The molecule has 1 unspecified atom stereocenters. The zero-order valence-electron chi connectivity index (χ0n) is 14.8. The van der Waals surface area contributed by atoms with E-state index in [1.165, 1.54) is 0 Å². The second kappa shape index (κ2) is 8.70. The number of ether oxygens (including phenoxy) is 1. The number of nitriles is 1. The van der Waals surface area contributed by atoms with Crippen LogP contribution in [0.4, 0.5) is 0 Å². The molecule has 3 aromatic rings. The Bertz CT molecular complexity index is 967. The van der Waals surface area contributed by atoms with Crippen molar-refractivity contribution >= 4 is 5.91 Å². The lowest BCUT2D eigenvalue weighted by atomic mass is 10.1. The third-order valence-electron chi connectivity index (χ3n) is 3.99. The van der Waals surface area contributed by atoms with Crippen LogP contribution in [-0.2, 0) is 4.74 Å². The summed E-state index contributed by atoms with van der Waals surface area (Å²) in [6, 6.07) is 17.7. The average Bonchev–Trinajstić information content (AvgIpc) is 2.74. The van der Waals surface area contributed by atoms with Gasteiger partial charge in [0.1, 0.15) is 0 Å². The molecule has 1 aromatic carbocycles. The van der Waals surface area contributed by atoms with E-state index in [-0.39, 0.29) is 11.9 Å². The molecule has 0 aliphatic carbocycles. The number of pyridine rings is 2. The maximum atomic E-state index is 12.7. The second-order valence-corrected chi connectivity index (χ2v) is 5.86. The van der Waals surface area contributed by atoms with Crippen molar-refractivity contribution in [1.29, 1.82) is 5.26 Å². The quantitative estimate of drug-likeness (QED) is 0.731. The van der Waals surface area contributed by atoms with Gasteiger partial charge in [0.25, 0.3) is 5.91 Å². The number of methoxy groups -OCH3 is 1. The number of aromatic nitrogens is 2. The molecule has 0 saturated heterocycles. The Labute approximate surface area is 157 Å². The van der Waals surface area contributed by atoms with Gasteiger partial charge in [-0.05, 0) is 36.4 Å². The van der Waals surface area contributed by atoms with Crippen molar-refractivity contribution in [2.75, 3.05) is 13.7 Å². The molecule has 1 amide bonds. The summed E-state index contributed by atoms with van der Waals surface area (Å²) < 4.78 is 5.22. The van der Waals surface area contributed by atoms with Gasteiger partial charge < -0.3 is 10.1 Å². The molecule has 0 bridgehead atoms. The maximum absolute atomic E-state index is 12.7. The molecule has 6 nitrogen and oxygen atoms in total. The summed E-state index contributed by atoms with van der Waals surface area (Å²) in [6.07, 6.45) is 3.26. The van der Waals surface area contributed by atoms with Gasteiger partial charge in [-0.3, -0.25) is 14.8 Å². The number of carbonyl (C=O) groups is 1. The SMILES string of the molecule is COCC(NC(=O)c1cccc(-c2cc(C#N)ccn2)c1)c1ccccn1. The second-order valence-electron chi connectivity index (χ2n) is 5.86. The summed E-state index contributed by atoms with van der Waals surface area (Å²) in [5.41, 5.74) is 3.15. The van der Waals surface area contributed by atoms with Crippen molar-refractivity contribution in [1.82, 2.24) is 15.3 Å². The van der Waals surface area contributed by atoms with Crippen LogP contribution in [0.5, 0.6) is 0 Å². The summed E-state index contributed by atoms with van der Waals surface area (Å²) in [7, 11) is 1.58. The van der Waals surface area contributed by atoms with Crippen molar-refractivity contribution in [3.05, 3.63) is 83.8 Å². The Morgan fingerprint density at radius 1 is 1.15 bits per heavy atom. The van der Waals surface area contributed by atoms with E-state index in [4.69, 9.17) is 10.00 Å². The fourth-order valence-corrected chi connectivity index (χ4v) is 2.67. The van der Waals surface area contributed by atoms with E-state index in [1.807, 2.05) is 24.3 Å². The summed E-state index contributed by atoms with van der Waals surface area (Å²) in [4.78, 5) is 21.3. The third kappa shape index (κ3) is 4.54. The number of amides is 1. The Balaban J connectivity index is 1.83. The van der Waals surface area contributed by atoms with Gasteiger partial charge in [-0.15, -0.1) is 0 Å². The van der Waals surface area contributed by atoms with Gasteiger partial charge in [-0.25, -0.2) is 0 Å². The molecule has 6 heteroatoms. The molecule has 0 radical (unpaired) electrons. The van der Waals surface area contributed by atoms with Crippen LogP contribution in [-0.4, -0.2) is 29.6 Å². The Kier molecular flexibility index (Phi) is 5.87. The van der Waals surface area contributed by atoms with Gasteiger partial charge >= 0.3 is 0 Å². The van der Waals surface area contributed by atoms with Gasteiger partial charge in [-0.2, -0.15) is 5.26 Å². The number of nitrogens with one attached hydrogen (secondary N) is 1. The van der Waals surface area contributed by atoms with E-state index < -0.39 is 0 Å². The van der Waals surface area contributed by atoms with Crippen LogP contribution in [0, 0.1) is 11.3 Å². The molecule has 0 aliphatic rings. The molecule has 1 atom stereocenters. The first-order valence-electron chi connectivity index (χ1n) is 8.38. The summed E-state index contributed by atoms with van der Waals surface area (Å²) >= 11 is 0. The zero-order valence-corrected chi connectivity index (χ0v) is 14.8. The largest absolute Gasteiger partial charge is 0.382 e. The van der Waals surface area contributed by atoms with Crippen molar-refractivity contribution in [2.45, 2.75) is 6.04 Å². The fraction of sp³-hybridized carbons (Fsp3) is 0.143. The highest BCUT2D eigenvalue weighted by molar-refractivity contribution is 5.95. The predicted octanol–water partition coefficient (Wildman–Crippen LogP) is 3.13. The van der Waals surface area contributed by atoms with Crippen LogP contribution >= 0.6 is 0 Å². The molecule has 0 spiro atoms. The van der Waals surface area contributed by atoms with Crippen LogP contribution in [0.3, 0.4) is 0 Å². The number of hydrogen-bond donors (Lipinski definition) is 1. The lowest BCUT2D eigenvalue weighted by molar-refractivity contribution is 0.0894. The Morgan fingerprint density at radius 3 is 2.78 bits per heavy atom. The van der Waals surface area contributed by atoms with Crippen molar-refractivity contribution in [3.8, 4) is 17.3 Å². The monoisotopic (exact) mass is 358 g/mol. The molecule has 2 aromatic heterocycles. The van der Waals surface area contributed by atoms with Crippen LogP contribution in [0.1, 0.15) is 27.7 Å². The van der Waals surface area contributed by atoms with Gasteiger partial charge in [0.2, 0.25) is 0 Å².